The largest absolute Gasteiger partial charge is 0.484 e. The minimum absolute atomic E-state index is 0.0226. The average Bonchev–Trinajstić information content (AvgIpc) is 2.81. The first-order valence-electron chi connectivity index (χ1n) is 5.71. The summed E-state index contributed by atoms with van der Waals surface area (Å²) in [5.41, 5.74) is -0.479. The molecule has 0 aliphatic heterocycles. The molecule has 2 N–H and O–H groups in total. The van der Waals surface area contributed by atoms with E-state index in [1.165, 1.54) is 6.07 Å². The minimum Gasteiger partial charge on any atom is -0.484 e. The monoisotopic (exact) mass is 295 g/mol. The topological polar surface area (TPSA) is 115 Å². The van der Waals surface area contributed by atoms with Crippen LogP contribution in [0, 0.1) is 12.7 Å². The Morgan fingerprint density at radius 3 is 2.76 bits per heavy atom. The number of nitrogens with one attached hydrogen (secondary N) is 1. The Hall–Kier alpha value is -2.97. The molecule has 0 bridgehead atoms. The van der Waals surface area contributed by atoms with E-state index in [4.69, 9.17) is 14.3 Å². The van der Waals surface area contributed by atoms with Gasteiger partial charge in [-0.1, -0.05) is 5.10 Å². The van der Waals surface area contributed by atoms with Crippen LogP contribution in [0.2, 0.25) is 0 Å². The number of carboxylic acids is 1. The summed E-state index contributed by atoms with van der Waals surface area (Å²) in [7, 11) is 0. The summed E-state index contributed by atoms with van der Waals surface area (Å²) in [6.45, 7) is 1.14. The van der Waals surface area contributed by atoms with Crippen molar-refractivity contribution in [2.75, 3.05) is 11.9 Å². The van der Waals surface area contributed by atoms with Gasteiger partial charge in [0.1, 0.15) is 11.6 Å². The summed E-state index contributed by atoms with van der Waals surface area (Å²) in [5.74, 6) is -2.61. The minimum atomic E-state index is -1.39. The zero-order valence-electron chi connectivity index (χ0n) is 10.8. The Labute approximate surface area is 117 Å². The van der Waals surface area contributed by atoms with Crippen LogP contribution in [0.1, 0.15) is 16.2 Å². The quantitative estimate of drug-likeness (QED) is 0.852. The van der Waals surface area contributed by atoms with Crippen molar-refractivity contribution < 1.29 is 28.2 Å². The van der Waals surface area contributed by atoms with Crippen LogP contribution in [-0.2, 0) is 4.79 Å². The van der Waals surface area contributed by atoms with Gasteiger partial charge in [-0.2, -0.15) is 0 Å². The van der Waals surface area contributed by atoms with Gasteiger partial charge < -0.3 is 14.3 Å². The van der Waals surface area contributed by atoms with Crippen molar-refractivity contribution in [2.24, 2.45) is 0 Å². The summed E-state index contributed by atoms with van der Waals surface area (Å²) in [4.78, 5) is 22.1. The number of aromatic carboxylic acids is 1. The van der Waals surface area contributed by atoms with E-state index in [1.54, 1.807) is 6.92 Å². The molecule has 9 heteroatoms. The van der Waals surface area contributed by atoms with E-state index in [9.17, 15) is 14.0 Å². The fourth-order valence-corrected chi connectivity index (χ4v) is 1.41. The summed E-state index contributed by atoms with van der Waals surface area (Å²) in [5, 5.41) is 18.0. The fourth-order valence-electron chi connectivity index (χ4n) is 1.41. The highest BCUT2D eigenvalue weighted by Gasteiger charge is 2.12. The van der Waals surface area contributed by atoms with Crippen LogP contribution in [0.25, 0.3) is 0 Å². The number of rotatable bonds is 5. The predicted octanol–water partition coefficient (Wildman–Crippen LogP) is 1.23. The Morgan fingerprint density at radius 2 is 2.19 bits per heavy atom. The molecule has 2 rings (SSSR count). The van der Waals surface area contributed by atoms with Gasteiger partial charge in [-0.3, -0.25) is 10.1 Å². The zero-order valence-corrected chi connectivity index (χ0v) is 10.8. The average molecular weight is 295 g/mol. The lowest BCUT2D eigenvalue weighted by molar-refractivity contribution is -0.118. The lowest BCUT2D eigenvalue weighted by atomic mass is 10.2. The van der Waals surface area contributed by atoms with Crippen molar-refractivity contribution >= 4 is 17.9 Å². The van der Waals surface area contributed by atoms with Gasteiger partial charge in [-0.05, 0) is 12.1 Å². The highest BCUT2D eigenvalue weighted by atomic mass is 19.1. The molecule has 0 atom stereocenters. The first kappa shape index (κ1) is 14.4. The number of anilines is 1. The molecule has 0 fully saturated rings. The molecule has 1 heterocycles. The Kier molecular flexibility index (Phi) is 4.12. The lowest BCUT2D eigenvalue weighted by Crippen LogP contribution is -2.20. The first-order chi connectivity index (χ1) is 9.95. The number of carboxylic acid groups (broad SMARTS) is 1. The third-order valence-electron chi connectivity index (χ3n) is 2.31. The second-order valence-corrected chi connectivity index (χ2v) is 3.91. The van der Waals surface area contributed by atoms with E-state index in [2.05, 4.69) is 15.5 Å². The lowest BCUT2D eigenvalue weighted by Gasteiger charge is -2.06. The Morgan fingerprint density at radius 1 is 1.43 bits per heavy atom. The number of carbonyl (C=O) groups excluding carboxylic acids is 1. The second-order valence-electron chi connectivity index (χ2n) is 3.91. The van der Waals surface area contributed by atoms with Gasteiger partial charge in [0.15, 0.2) is 6.61 Å². The number of carbonyl (C=O) groups is 2. The zero-order chi connectivity index (χ0) is 15.4. The maximum atomic E-state index is 13.4. The number of nitrogens with zero attached hydrogens (tertiary/aromatic N) is 2. The Bertz CT molecular complexity index is 685. The molecule has 0 radical (unpaired) electrons. The van der Waals surface area contributed by atoms with Crippen molar-refractivity contribution in [2.45, 2.75) is 6.92 Å². The normalized spacial score (nSPS) is 10.2. The van der Waals surface area contributed by atoms with E-state index in [-0.39, 0.29) is 17.7 Å². The summed E-state index contributed by atoms with van der Waals surface area (Å²) in [6.07, 6.45) is 0. The summed E-state index contributed by atoms with van der Waals surface area (Å²) in [6, 6.07) is 3.10. The maximum Gasteiger partial charge on any atom is 0.338 e. The summed E-state index contributed by atoms with van der Waals surface area (Å²) < 4.78 is 23.3. The van der Waals surface area contributed by atoms with Crippen LogP contribution in [0.3, 0.4) is 0 Å². The number of benzene rings is 1. The predicted molar refractivity (Wildman–Crippen MR) is 66.5 cm³/mol. The van der Waals surface area contributed by atoms with Gasteiger partial charge in [0.2, 0.25) is 5.89 Å². The first-order valence-corrected chi connectivity index (χ1v) is 5.71. The second kappa shape index (κ2) is 5.99. The highest BCUT2D eigenvalue weighted by Crippen LogP contribution is 2.16. The number of amides is 1. The molecule has 2 aromatic rings. The van der Waals surface area contributed by atoms with E-state index in [0.717, 1.165) is 12.1 Å². The number of aryl methyl sites for hydroxylation is 1. The van der Waals surface area contributed by atoms with Crippen molar-refractivity contribution in [3.8, 4) is 5.75 Å². The maximum absolute atomic E-state index is 13.4. The third-order valence-corrected chi connectivity index (χ3v) is 2.31. The van der Waals surface area contributed by atoms with Crippen LogP contribution >= 0.6 is 0 Å². The number of hydrogen-bond donors (Lipinski definition) is 2. The molecule has 0 aliphatic rings. The van der Waals surface area contributed by atoms with Crippen LogP contribution < -0.4 is 10.1 Å². The standard InChI is InChI=1S/C12H10FN3O5/c1-6-15-16-12(21-6)14-10(17)5-20-7-2-3-8(11(18)19)9(13)4-7/h2-4H,5H2,1H3,(H,18,19)(H,14,16,17). The van der Waals surface area contributed by atoms with Gasteiger partial charge >= 0.3 is 12.0 Å². The molecule has 21 heavy (non-hydrogen) atoms. The molecule has 0 saturated heterocycles. The Balaban J connectivity index is 1.92. The van der Waals surface area contributed by atoms with Crippen molar-refractivity contribution in [1.82, 2.24) is 10.2 Å². The van der Waals surface area contributed by atoms with E-state index in [1.807, 2.05) is 0 Å². The highest BCUT2D eigenvalue weighted by molar-refractivity contribution is 5.90. The molecular weight excluding hydrogens is 285 g/mol. The van der Waals surface area contributed by atoms with Crippen LogP contribution in [0.5, 0.6) is 5.75 Å². The summed E-state index contributed by atoms with van der Waals surface area (Å²) >= 11 is 0. The molecule has 1 aromatic heterocycles. The number of aromatic nitrogens is 2. The molecule has 0 spiro atoms. The van der Waals surface area contributed by atoms with Crippen molar-refractivity contribution in [1.29, 1.82) is 0 Å². The van der Waals surface area contributed by atoms with Crippen LogP contribution in [-0.4, -0.2) is 33.8 Å². The van der Waals surface area contributed by atoms with Crippen LogP contribution in [0.4, 0.5) is 10.4 Å². The number of halogens is 1. The van der Waals surface area contributed by atoms with Crippen molar-refractivity contribution in [3.63, 3.8) is 0 Å². The van der Waals surface area contributed by atoms with Gasteiger partial charge in [-0.15, -0.1) is 5.10 Å². The molecule has 8 nitrogen and oxygen atoms in total. The van der Waals surface area contributed by atoms with Gasteiger partial charge in [-0.25, -0.2) is 9.18 Å². The molecule has 1 amide bonds. The molecule has 0 aliphatic carbocycles. The fraction of sp³-hybridized carbons (Fsp3) is 0.167. The molecule has 1 aromatic carbocycles. The number of hydrogen-bond acceptors (Lipinski definition) is 6. The van der Waals surface area contributed by atoms with Crippen molar-refractivity contribution in [3.05, 3.63) is 35.5 Å². The van der Waals surface area contributed by atoms with Crippen LogP contribution in [0.15, 0.2) is 22.6 Å². The van der Waals surface area contributed by atoms with E-state index in [0.29, 0.717) is 0 Å². The smallest absolute Gasteiger partial charge is 0.338 e. The van der Waals surface area contributed by atoms with E-state index < -0.39 is 29.9 Å². The SMILES string of the molecule is Cc1nnc(NC(=O)COc2ccc(C(=O)O)c(F)c2)o1. The van der Waals surface area contributed by atoms with E-state index >= 15 is 0 Å². The van der Waals surface area contributed by atoms with Gasteiger partial charge in [0, 0.05) is 13.0 Å². The van der Waals surface area contributed by atoms with Gasteiger partial charge in [0.05, 0.1) is 5.56 Å². The van der Waals surface area contributed by atoms with Gasteiger partial charge in [0.25, 0.3) is 5.91 Å². The molecule has 0 saturated carbocycles. The molecular formula is C12H10FN3O5. The molecule has 110 valence electrons. The number of ether oxygens (including phenoxy) is 1. The third kappa shape index (κ3) is 3.75. The molecule has 0 unspecified atom stereocenters.